The molecule has 0 aliphatic carbocycles. The number of ether oxygens (including phenoxy) is 1. The monoisotopic (exact) mass is 205 g/mol. The topological polar surface area (TPSA) is 25.0 Å². The smallest absolute Gasteiger partial charge is 0.123 e. The predicted molar refractivity (Wildman–Crippen MR) is 56.4 cm³/mol. The van der Waals surface area contributed by atoms with Crippen molar-refractivity contribution in [3.63, 3.8) is 0 Å². The van der Waals surface area contributed by atoms with E-state index < -0.39 is 0 Å². The molecule has 1 fully saturated rings. The van der Waals surface area contributed by atoms with E-state index in [-0.39, 0.29) is 5.82 Å². The maximum atomic E-state index is 13.1. The van der Waals surface area contributed by atoms with Crippen molar-refractivity contribution in [1.82, 2.24) is 4.98 Å². The Morgan fingerprint density at radius 1 is 1.40 bits per heavy atom. The molecule has 0 amide bonds. The van der Waals surface area contributed by atoms with Crippen LogP contribution in [-0.2, 0) is 4.74 Å². The molecule has 1 N–H and O–H groups in total. The third-order valence-electron chi connectivity index (χ3n) is 3.05. The molecular weight excluding hydrogens is 193 g/mol. The maximum absolute atomic E-state index is 13.1. The Morgan fingerprint density at radius 2 is 2.33 bits per heavy atom. The highest BCUT2D eigenvalue weighted by molar-refractivity contribution is 5.83. The van der Waals surface area contributed by atoms with Gasteiger partial charge in [-0.2, -0.15) is 0 Å². The molecule has 3 rings (SSSR count). The molecule has 1 aliphatic heterocycles. The fourth-order valence-corrected chi connectivity index (χ4v) is 2.23. The summed E-state index contributed by atoms with van der Waals surface area (Å²) in [5.41, 5.74) is 2.18. The van der Waals surface area contributed by atoms with Crippen LogP contribution >= 0.6 is 0 Å². The first-order valence-electron chi connectivity index (χ1n) is 5.19. The molecule has 15 heavy (non-hydrogen) atoms. The fraction of sp³-hybridized carbons (Fsp3) is 0.333. The van der Waals surface area contributed by atoms with Crippen LogP contribution < -0.4 is 0 Å². The summed E-state index contributed by atoms with van der Waals surface area (Å²) in [7, 11) is 0. The van der Waals surface area contributed by atoms with E-state index in [2.05, 4.69) is 4.98 Å². The molecule has 1 aromatic heterocycles. The van der Waals surface area contributed by atoms with Gasteiger partial charge in [-0.1, -0.05) is 0 Å². The number of hydrogen-bond donors (Lipinski definition) is 1. The largest absolute Gasteiger partial charge is 0.381 e. The normalized spacial score (nSPS) is 21.3. The van der Waals surface area contributed by atoms with Crippen LogP contribution in [0, 0.1) is 5.82 Å². The summed E-state index contributed by atoms with van der Waals surface area (Å²) in [5.74, 6) is 0.239. The van der Waals surface area contributed by atoms with Crippen molar-refractivity contribution in [2.75, 3.05) is 13.2 Å². The number of H-pyrrole nitrogens is 1. The molecule has 0 radical (unpaired) electrons. The third-order valence-corrected chi connectivity index (χ3v) is 3.05. The lowest BCUT2D eigenvalue weighted by Crippen LogP contribution is -1.95. The minimum absolute atomic E-state index is 0.178. The van der Waals surface area contributed by atoms with E-state index in [4.69, 9.17) is 4.74 Å². The van der Waals surface area contributed by atoms with Crippen LogP contribution in [0.3, 0.4) is 0 Å². The average Bonchev–Trinajstić information content (AvgIpc) is 2.83. The zero-order valence-corrected chi connectivity index (χ0v) is 8.29. The van der Waals surface area contributed by atoms with Crippen molar-refractivity contribution in [1.29, 1.82) is 0 Å². The zero-order valence-electron chi connectivity index (χ0n) is 8.29. The molecule has 3 heteroatoms. The number of rotatable bonds is 1. The van der Waals surface area contributed by atoms with E-state index in [0.717, 1.165) is 30.5 Å². The van der Waals surface area contributed by atoms with Gasteiger partial charge in [-0.05, 0) is 30.2 Å². The van der Waals surface area contributed by atoms with E-state index >= 15 is 0 Å². The van der Waals surface area contributed by atoms with Gasteiger partial charge in [0, 0.05) is 29.6 Å². The molecule has 0 spiro atoms. The van der Waals surface area contributed by atoms with E-state index in [1.54, 1.807) is 12.1 Å². The van der Waals surface area contributed by atoms with Crippen molar-refractivity contribution in [3.05, 3.63) is 35.8 Å². The Hall–Kier alpha value is -1.35. The Bertz CT molecular complexity index is 485. The van der Waals surface area contributed by atoms with E-state index in [9.17, 15) is 4.39 Å². The van der Waals surface area contributed by atoms with Gasteiger partial charge in [-0.15, -0.1) is 0 Å². The summed E-state index contributed by atoms with van der Waals surface area (Å²) in [6, 6.07) is 4.86. The molecule has 0 unspecified atom stereocenters. The number of fused-ring (bicyclic) bond motifs is 1. The minimum atomic E-state index is -0.178. The van der Waals surface area contributed by atoms with Crippen LogP contribution in [0.2, 0.25) is 0 Å². The highest BCUT2D eigenvalue weighted by atomic mass is 19.1. The van der Waals surface area contributed by atoms with Crippen LogP contribution in [0.4, 0.5) is 4.39 Å². The molecule has 1 saturated heterocycles. The van der Waals surface area contributed by atoms with Crippen molar-refractivity contribution >= 4 is 10.9 Å². The van der Waals surface area contributed by atoms with Crippen molar-refractivity contribution in [2.24, 2.45) is 0 Å². The summed E-state index contributed by atoms with van der Waals surface area (Å²) in [4.78, 5) is 3.17. The summed E-state index contributed by atoms with van der Waals surface area (Å²) in [5, 5.41) is 0.991. The molecule has 1 aromatic carbocycles. The van der Waals surface area contributed by atoms with Crippen molar-refractivity contribution in [3.8, 4) is 0 Å². The summed E-state index contributed by atoms with van der Waals surface area (Å²) >= 11 is 0. The van der Waals surface area contributed by atoms with Gasteiger partial charge < -0.3 is 9.72 Å². The second-order valence-corrected chi connectivity index (χ2v) is 3.99. The quantitative estimate of drug-likeness (QED) is 0.760. The van der Waals surface area contributed by atoms with Gasteiger partial charge in [0.2, 0.25) is 0 Å². The fourth-order valence-electron chi connectivity index (χ4n) is 2.23. The van der Waals surface area contributed by atoms with E-state index in [0.29, 0.717) is 5.92 Å². The van der Waals surface area contributed by atoms with Gasteiger partial charge in [0.15, 0.2) is 0 Å². The Morgan fingerprint density at radius 3 is 3.13 bits per heavy atom. The molecule has 78 valence electrons. The maximum Gasteiger partial charge on any atom is 0.123 e. The van der Waals surface area contributed by atoms with E-state index in [1.807, 2.05) is 6.20 Å². The second kappa shape index (κ2) is 3.35. The molecule has 1 aliphatic rings. The van der Waals surface area contributed by atoms with Gasteiger partial charge in [0.05, 0.1) is 6.61 Å². The van der Waals surface area contributed by atoms with Crippen LogP contribution in [-0.4, -0.2) is 18.2 Å². The van der Waals surface area contributed by atoms with Gasteiger partial charge in [0.1, 0.15) is 5.82 Å². The molecule has 0 saturated carbocycles. The number of benzene rings is 1. The molecule has 2 aromatic rings. The Kier molecular flexibility index (Phi) is 1.99. The Labute approximate surface area is 87.1 Å². The summed E-state index contributed by atoms with van der Waals surface area (Å²) < 4.78 is 18.5. The minimum Gasteiger partial charge on any atom is -0.381 e. The number of hydrogen-bond acceptors (Lipinski definition) is 1. The van der Waals surface area contributed by atoms with Crippen molar-refractivity contribution < 1.29 is 9.13 Å². The number of aromatic amines is 1. The molecular formula is C12H12FNO. The van der Waals surface area contributed by atoms with Crippen LogP contribution in [0.5, 0.6) is 0 Å². The first-order chi connectivity index (χ1) is 7.34. The first-order valence-corrected chi connectivity index (χ1v) is 5.19. The highest BCUT2D eigenvalue weighted by Crippen LogP contribution is 2.31. The predicted octanol–water partition coefficient (Wildman–Crippen LogP) is 2.81. The molecule has 2 heterocycles. The lowest BCUT2D eigenvalue weighted by atomic mass is 9.98. The van der Waals surface area contributed by atoms with Crippen molar-refractivity contribution in [2.45, 2.75) is 12.3 Å². The lowest BCUT2D eigenvalue weighted by molar-refractivity contribution is 0.194. The van der Waals surface area contributed by atoms with Crippen LogP contribution in [0.15, 0.2) is 24.4 Å². The summed E-state index contributed by atoms with van der Waals surface area (Å²) in [6.45, 7) is 1.57. The van der Waals surface area contributed by atoms with Crippen LogP contribution in [0.25, 0.3) is 10.9 Å². The van der Waals surface area contributed by atoms with Gasteiger partial charge in [-0.3, -0.25) is 0 Å². The molecule has 0 bridgehead atoms. The SMILES string of the molecule is Fc1ccc2[nH]cc([C@@H]3CCOC3)c2c1. The highest BCUT2D eigenvalue weighted by Gasteiger charge is 2.20. The summed E-state index contributed by atoms with van der Waals surface area (Å²) in [6.07, 6.45) is 3.01. The lowest BCUT2D eigenvalue weighted by Gasteiger charge is -2.05. The van der Waals surface area contributed by atoms with Gasteiger partial charge >= 0.3 is 0 Å². The van der Waals surface area contributed by atoms with Gasteiger partial charge in [0.25, 0.3) is 0 Å². The standard InChI is InChI=1S/C12H12FNO/c13-9-1-2-12-10(5-9)11(6-14-12)8-3-4-15-7-8/h1-2,5-6,8,14H,3-4,7H2/t8-/m1/s1. The number of halogens is 1. The number of nitrogens with one attached hydrogen (secondary N) is 1. The number of aromatic nitrogens is 1. The molecule has 1 atom stereocenters. The third kappa shape index (κ3) is 1.43. The zero-order chi connectivity index (χ0) is 10.3. The van der Waals surface area contributed by atoms with Crippen LogP contribution in [0.1, 0.15) is 17.9 Å². The first kappa shape index (κ1) is 8.92. The Balaban J connectivity index is 2.13. The average molecular weight is 205 g/mol. The van der Waals surface area contributed by atoms with E-state index in [1.165, 1.54) is 11.6 Å². The molecule has 2 nitrogen and oxygen atoms in total. The second-order valence-electron chi connectivity index (χ2n) is 3.99. The van der Waals surface area contributed by atoms with Gasteiger partial charge in [-0.25, -0.2) is 4.39 Å².